The lowest BCUT2D eigenvalue weighted by Crippen LogP contribution is -1.91. The van der Waals surface area contributed by atoms with Crippen LogP contribution in [0.5, 0.6) is 11.5 Å². The number of ether oxygens (including phenoxy) is 1. The molecule has 0 aliphatic carbocycles. The zero-order valence-corrected chi connectivity index (χ0v) is 12.7. The smallest absolute Gasteiger partial charge is 0.131 e. The summed E-state index contributed by atoms with van der Waals surface area (Å²) in [6, 6.07) is 11.9. The van der Waals surface area contributed by atoms with Gasteiger partial charge in [-0.1, -0.05) is 45.7 Å². The third-order valence-electron chi connectivity index (χ3n) is 2.75. The lowest BCUT2D eigenvalue weighted by molar-refractivity contribution is 0.478. The summed E-state index contributed by atoms with van der Waals surface area (Å²) >= 11 is 9.61. The third kappa shape index (κ3) is 2.88. The van der Waals surface area contributed by atoms with Gasteiger partial charge in [0, 0.05) is 15.9 Å². The van der Waals surface area contributed by atoms with E-state index in [1.165, 1.54) is 0 Å². The van der Waals surface area contributed by atoms with Crippen LogP contribution in [-0.2, 0) is 5.33 Å². The van der Waals surface area contributed by atoms with Gasteiger partial charge in [-0.3, -0.25) is 0 Å². The maximum Gasteiger partial charge on any atom is 0.131 e. The fourth-order valence-corrected chi connectivity index (χ4v) is 2.38. The zero-order chi connectivity index (χ0) is 13.1. The van der Waals surface area contributed by atoms with Gasteiger partial charge in [0.15, 0.2) is 0 Å². The van der Waals surface area contributed by atoms with Crippen molar-refractivity contribution >= 4 is 27.5 Å². The van der Waals surface area contributed by atoms with E-state index in [1.807, 2.05) is 50.2 Å². The molecule has 2 rings (SSSR count). The molecule has 18 heavy (non-hydrogen) atoms. The van der Waals surface area contributed by atoms with Crippen LogP contribution in [0.4, 0.5) is 0 Å². The molecule has 0 aliphatic rings. The zero-order valence-electron chi connectivity index (χ0n) is 10.3. The highest BCUT2D eigenvalue weighted by Gasteiger charge is 2.06. The minimum absolute atomic E-state index is 0.773. The summed E-state index contributed by atoms with van der Waals surface area (Å²) in [7, 11) is 0. The highest BCUT2D eigenvalue weighted by Crippen LogP contribution is 2.31. The Morgan fingerprint density at radius 3 is 2.33 bits per heavy atom. The highest BCUT2D eigenvalue weighted by molar-refractivity contribution is 9.08. The van der Waals surface area contributed by atoms with Gasteiger partial charge in [0.2, 0.25) is 0 Å². The molecule has 0 unspecified atom stereocenters. The maximum atomic E-state index is 6.15. The van der Waals surface area contributed by atoms with E-state index in [9.17, 15) is 0 Å². The molecule has 2 aromatic rings. The van der Waals surface area contributed by atoms with Crippen molar-refractivity contribution in [2.75, 3.05) is 0 Å². The van der Waals surface area contributed by atoms with E-state index in [1.54, 1.807) is 0 Å². The van der Waals surface area contributed by atoms with Crippen LogP contribution < -0.4 is 4.74 Å². The summed E-state index contributed by atoms with van der Waals surface area (Å²) in [5.74, 6) is 1.69. The van der Waals surface area contributed by atoms with Gasteiger partial charge in [0.1, 0.15) is 11.5 Å². The first-order chi connectivity index (χ1) is 8.61. The summed E-state index contributed by atoms with van der Waals surface area (Å²) in [6.07, 6.45) is 0. The van der Waals surface area contributed by atoms with Gasteiger partial charge in [-0.2, -0.15) is 0 Å². The summed E-state index contributed by atoms with van der Waals surface area (Å²) < 4.78 is 5.93. The predicted molar refractivity (Wildman–Crippen MR) is 80.1 cm³/mol. The number of alkyl halides is 1. The molecule has 2 aromatic carbocycles. The molecular formula is C15H14BrClO. The second kappa shape index (κ2) is 5.77. The van der Waals surface area contributed by atoms with Crippen LogP contribution in [0.15, 0.2) is 36.4 Å². The van der Waals surface area contributed by atoms with Crippen LogP contribution >= 0.6 is 27.5 Å². The van der Waals surface area contributed by atoms with E-state index < -0.39 is 0 Å². The Hall–Kier alpha value is -0.990. The highest BCUT2D eigenvalue weighted by atomic mass is 79.9. The molecule has 0 bridgehead atoms. The van der Waals surface area contributed by atoms with Gasteiger partial charge >= 0.3 is 0 Å². The largest absolute Gasteiger partial charge is 0.457 e. The van der Waals surface area contributed by atoms with Crippen molar-refractivity contribution in [3.8, 4) is 11.5 Å². The molecule has 0 saturated heterocycles. The molecule has 0 spiro atoms. The van der Waals surface area contributed by atoms with E-state index in [4.69, 9.17) is 16.3 Å². The van der Waals surface area contributed by atoms with Gasteiger partial charge in [-0.15, -0.1) is 0 Å². The quantitative estimate of drug-likeness (QED) is 0.663. The van der Waals surface area contributed by atoms with Crippen molar-refractivity contribution in [1.29, 1.82) is 0 Å². The third-order valence-corrected chi connectivity index (χ3v) is 3.95. The van der Waals surface area contributed by atoms with Gasteiger partial charge in [-0.05, 0) is 43.2 Å². The molecule has 0 aliphatic heterocycles. The van der Waals surface area contributed by atoms with Gasteiger partial charge < -0.3 is 4.74 Å². The summed E-state index contributed by atoms with van der Waals surface area (Å²) in [5, 5.41) is 1.57. The van der Waals surface area contributed by atoms with Gasteiger partial charge in [0.25, 0.3) is 0 Å². The second-order valence-electron chi connectivity index (χ2n) is 4.21. The second-order valence-corrected chi connectivity index (χ2v) is 5.15. The van der Waals surface area contributed by atoms with Gasteiger partial charge in [-0.25, -0.2) is 0 Å². The Morgan fingerprint density at radius 1 is 1.11 bits per heavy atom. The first-order valence-corrected chi connectivity index (χ1v) is 7.20. The minimum Gasteiger partial charge on any atom is -0.457 e. The topological polar surface area (TPSA) is 9.23 Å². The number of rotatable bonds is 3. The monoisotopic (exact) mass is 324 g/mol. The minimum atomic E-state index is 0.773. The fourth-order valence-electron chi connectivity index (χ4n) is 1.81. The van der Waals surface area contributed by atoms with Crippen LogP contribution in [-0.4, -0.2) is 0 Å². The van der Waals surface area contributed by atoms with Crippen molar-refractivity contribution in [2.45, 2.75) is 19.2 Å². The van der Waals surface area contributed by atoms with Gasteiger partial charge in [0.05, 0.1) is 0 Å². The molecule has 0 heterocycles. The Kier molecular flexibility index (Phi) is 4.31. The molecule has 0 saturated carbocycles. The number of hydrogen-bond acceptors (Lipinski definition) is 1. The van der Waals surface area contributed by atoms with Crippen LogP contribution in [0.25, 0.3) is 0 Å². The average molecular weight is 326 g/mol. The number of para-hydroxylation sites is 1. The van der Waals surface area contributed by atoms with Crippen molar-refractivity contribution in [1.82, 2.24) is 0 Å². The standard InChI is InChI=1S/C15H14BrClO/c1-10-7-13(8-11(2)15(10)17)18-14-6-4-3-5-12(14)9-16/h3-8H,9H2,1-2H3. The van der Waals surface area contributed by atoms with Crippen LogP contribution in [0.2, 0.25) is 5.02 Å². The fraction of sp³-hybridized carbons (Fsp3) is 0.200. The molecule has 0 aromatic heterocycles. The van der Waals surface area contributed by atoms with E-state index >= 15 is 0 Å². The Balaban J connectivity index is 2.34. The lowest BCUT2D eigenvalue weighted by Gasteiger charge is -2.12. The van der Waals surface area contributed by atoms with Crippen LogP contribution in [0.1, 0.15) is 16.7 Å². The van der Waals surface area contributed by atoms with E-state index in [0.29, 0.717) is 0 Å². The Morgan fingerprint density at radius 2 is 1.72 bits per heavy atom. The summed E-state index contributed by atoms with van der Waals surface area (Å²) in [4.78, 5) is 0. The molecule has 3 heteroatoms. The summed E-state index contributed by atoms with van der Waals surface area (Å²) in [5.41, 5.74) is 3.19. The molecule has 94 valence electrons. The van der Waals surface area contributed by atoms with E-state index in [0.717, 1.165) is 38.5 Å². The first kappa shape index (κ1) is 13.4. The van der Waals surface area contributed by atoms with Crippen LogP contribution in [0, 0.1) is 13.8 Å². The van der Waals surface area contributed by atoms with Crippen LogP contribution in [0.3, 0.4) is 0 Å². The molecule has 0 fully saturated rings. The SMILES string of the molecule is Cc1cc(Oc2ccccc2CBr)cc(C)c1Cl. The lowest BCUT2D eigenvalue weighted by atomic mass is 10.1. The number of aryl methyl sites for hydroxylation is 2. The molecule has 1 nitrogen and oxygen atoms in total. The van der Waals surface area contributed by atoms with Crippen molar-refractivity contribution in [3.63, 3.8) is 0 Å². The molecule has 0 amide bonds. The molecule has 0 atom stereocenters. The maximum absolute atomic E-state index is 6.15. The number of hydrogen-bond donors (Lipinski definition) is 0. The predicted octanol–water partition coefficient (Wildman–Crippen LogP) is 5.64. The first-order valence-electron chi connectivity index (χ1n) is 5.70. The Labute approximate surface area is 121 Å². The Bertz CT molecular complexity index is 543. The van der Waals surface area contributed by atoms with Crippen molar-refractivity contribution in [3.05, 3.63) is 58.1 Å². The summed E-state index contributed by atoms with van der Waals surface area (Å²) in [6.45, 7) is 3.97. The normalized spacial score (nSPS) is 10.4. The number of benzene rings is 2. The van der Waals surface area contributed by atoms with E-state index in [-0.39, 0.29) is 0 Å². The van der Waals surface area contributed by atoms with Crippen molar-refractivity contribution in [2.24, 2.45) is 0 Å². The molecular weight excluding hydrogens is 312 g/mol. The average Bonchev–Trinajstić information content (AvgIpc) is 2.36. The van der Waals surface area contributed by atoms with Crippen molar-refractivity contribution < 1.29 is 4.74 Å². The number of halogens is 2. The molecule has 0 radical (unpaired) electrons. The van der Waals surface area contributed by atoms with E-state index in [2.05, 4.69) is 15.9 Å². The molecule has 0 N–H and O–H groups in total.